The molecule has 0 aliphatic heterocycles. The van der Waals surface area contributed by atoms with Crippen LogP contribution in [-0.2, 0) is 0 Å². The number of nitrogens with two attached hydrogens (primary N) is 1. The average Bonchev–Trinajstić information content (AvgIpc) is 2.77. The van der Waals surface area contributed by atoms with E-state index in [1.54, 1.807) is 6.08 Å². The number of hydrogen-bond donors (Lipinski definition) is 3. The molecule has 0 radical (unpaired) electrons. The van der Waals surface area contributed by atoms with Gasteiger partial charge in [0.1, 0.15) is 5.69 Å². The Morgan fingerprint density at radius 2 is 2.16 bits per heavy atom. The third-order valence-corrected chi connectivity index (χ3v) is 3.10. The molecule has 0 heterocycles. The third-order valence-electron chi connectivity index (χ3n) is 3.10. The van der Waals surface area contributed by atoms with Gasteiger partial charge < -0.3 is 11.1 Å². The van der Waals surface area contributed by atoms with E-state index in [4.69, 9.17) is 11.1 Å². The maximum atomic E-state index is 11.2. The van der Waals surface area contributed by atoms with E-state index >= 15 is 0 Å². The van der Waals surface area contributed by atoms with Crippen LogP contribution in [0.3, 0.4) is 0 Å². The summed E-state index contributed by atoms with van der Waals surface area (Å²) in [5.74, 6) is -0.323. The minimum atomic E-state index is -0.472. The van der Waals surface area contributed by atoms with E-state index in [1.807, 2.05) is 24.3 Å². The minimum Gasteiger partial charge on any atom is -0.370 e. The molecule has 1 aliphatic rings. The highest BCUT2D eigenvalue weighted by atomic mass is 16.6. The van der Waals surface area contributed by atoms with Crippen molar-refractivity contribution < 1.29 is 4.92 Å². The Hall–Kier alpha value is -2.89. The van der Waals surface area contributed by atoms with Gasteiger partial charge in [-0.25, -0.2) is 0 Å². The van der Waals surface area contributed by atoms with Crippen molar-refractivity contribution in [3.8, 4) is 0 Å². The van der Waals surface area contributed by atoms with Crippen LogP contribution in [0.4, 0.5) is 11.4 Å². The van der Waals surface area contributed by atoms with Crippen LogP contribution in [-0.4, -0.2) is 10.9 Å². The molecule has 2 aromatic rings. The molecule has 19 heavy (non-hydrogen) atoms. The van der Waals surface area contributed by atoms with Crippen molar-refractivity contribution in [2.45, 2.75) is 0 Å². The van der Waals surface area contributed by atoms with Crippen molar-refractivity contribution in [3.63, 3.8) is 0 Å². The van der Waals surface area contributed by atoms with Gasteiger partial charge in [0.15, 0.2) is 5.96 Å². The Bertz CT molecular complexity index is 765. The fourth-order valence-electron chi connectivity index (χ4n) is 2.39. The molecule has 2 aromatic carbocycles. The van der Waals surface area contributed by atoms with Crippen LogP contribution in [0.1, 0.15) is 11.1 Å². The molecule has 4 N–H and O–H groups in total. The van der Waals surface area contributed by atoms with Crippen LogP contribution in [0.25, 0.3) is 22.9 Å². The molecule has 0 amide bonds. The van der Waals surface area contributed by atoms with Crippen molar-refractivity contribution in [2.24, 2.45) is 5.73 Å². The molecule has 0 atom stereocenters. The molecule has 0 saturated carbocycles. The van der Waals surface area contributed by atoms with Crippen LogP contribution in [0.15, 0.2) is 24.3 Å². The lowest BCUT2D eigenvalue weighted by atomic mass is 10.0. The molecule has 0 spiro atoms. The van der Waals surface area contributed by atoms with Gasteiger partial charge in [-0.1, -0.05) is 30.4 Å². The fraction of sp³-hybridized carbons (Fsp3) is 0. The topological polar surface area (TPSA) is 105 Å². The SMILES string of the molecule is N=C(N)Nc1c([N+](=O)[O-])cc2cccc3c2c1C=C3. The van der Waals surface area contributed by atoms with Gasteiger partial charge in [0.2, 0.25) is 0 Å². The van der Waals surface area contributed by atoms with Crippen molar-refractivity contribution in [1.82, 2.24) is 0 Å². The second-order valence-corrected chi connectivity index (χ2v) is 4.26. The standard InChI is InChI=1S/C13H10N4O2/c14-13(15)16-12-9-5-4-7-2-1-3-8(11(7)9)6-10(12)17(18)19/h1-6H,(H4,14,15,16). The molecular weight excluding hydrogens is 244 g/mol. The Balaban J connectivity index is 2.40. The van der Waals surface area contributed by atoms with Gasteiger partial charge in [0.25, 0.3) is 5.69 Å². The summed E-state index contributed by atoms with van der Waals surface area (Å²) in [5.41, 5.74) is 7.20. The normalized spacial score (nSPS) is 11.8. The number of nitrogens with one attached hydrogen (secondary N) is 2. The van der Waals surface area contributed by atoms with Crippen LogP contribution in [0.2, 0.25) is 0 Å². The number of anilines is 1. The molecule has 0 fully saturated rings. The number of nitro benzene ring substituents is 1. The maximum absolute atomic E-state index is 11.2. The van der Waals surface area contributed by atoms with Gasteiger partial charge in [-0.05, 0) is 16.3 Å². The summed E-state index contributed by atoms with van der Waals surface area (Å²) >= 11 is 0. The number of nitrogens with zero attached hydrogens (tertiary/aromatic N) is 1. The Labute approximate surface area is 108 Å². The van der Waals surface area contributed by atoms with E-state index in [0.29, 0.717) is 5.56 Å². The highest BCUT2D eigenvalue weighted by Crippen LogP contribution is 2.41. The zero-order valence-corrected chi connectivity index (χ0v) is 9.81. The average molecular weight is 254 g/mol. The summed E-state index contributed by atoms with van der Waals surface area (Å²) in [6.07, 6.45) is 3.70. The first-order chi connectivity index (χ1) is 9.08. The van der Waals surface area contributed by atoms with Crippen LogP contribution in [0, 0.1) is 15.5 Å². The molecule has 0 unspecified atom stereocenters. The maximum Gasteiger partial charge on any atom is 0.294 e. The fourth-order valence-corrected chi connectivity index (χ4v) is 2.39. The first-order valence-electron chi connectivity index (χ1n) is 5.61. The first-order valence-corrected chi connectivity index (χ1v) is 5.61. The number of benzene rings is 2. The molecule has 0 saturated heterocycles. The van der Waals surface area contributed by atoms with E-state index in [2.05, 4.69) is 5.32 Å². The highest BCUT2D eigenvalue weighted by molar-refractivity contribution is 6.12. The zero-order valence-electron chi connectivity index (χ0n) is 9.81. The predicted octanol–water partition coefficient (Wildman–Crippen LogP) is 2.54. The van der Waals surface area contributed by atoms with Crippen molar-refractivity contribution >= 4 is 40.3 Å². The van der Waals surface area contributed by atoms with Crippen LogP contribution in [0.5, 0.6) is 0 Å². The minimum absolute atomic E-state index is 0.0820. The molecule has 0 bridgehead atoms. The van der Waals surface area contributed by atoms with Crippen LogP contribution >= 0.6 is 0 Å². The van der Waals surface area contributed by atoms with Crippen molar-refractivity contribution in [1.29, 1.82) is 5.41 Å². The van der Waals surface area contributed by atoms with E-state index < -0.39 is 4.92 Å². The van der Waals surface area contributed by atoms with E-state index in [0.717, 1.165) is 16.3 Å². The lowest BCUT2D eigenvalue weighted by Gasteiger charge is -2.10. The summed E-state index contributed by atoms with van der Waals surface area (Å²) in [6.45, 7) is 0. The molecule has 3 rings (SSSR count). The summed E-state index contributed by atoms with van der Waals surface area (Å²) in [7, 11) is 0. The van der Waals surface area contributed by atoms with E-state index in [1.165, 1.54) is 6.07 Å². The highest BCUT2D eigenvalue weighted by Gasteiger charge is 2.23. The number of hydrogen-bond acceptors (Lipinski definition) is 3. The molecule has 1 aliphatic carbocycles. The number of nitro groups is 1. The van der Waals surface area contributed by atoms with E-state index in [-0.39, 0.29) is 17.3 Å². The monoisotopic (exact) mass is 254 g/mol. The summed E-state index contributed by atoms with van der Waals surface area (Å²) < 4.78 is 0. The molecule has 6 heteroatoms. The van der Waals surface area contributed by atoms with Crippen molar-refractivity contribution in [2.75, 3.05) is 5.32 Å². The lowest BCUT2D eigenvalue weighted by molar-refractivity contribution is -0.383. The number of guanidine groups is 1. The van der Waals surface area contributed by atoms with Gasteiger partial charge in [-0.3, -0.25) is 15.5 Å². The molecule has 0 aromatic heterocycles. The first kappa shape index (κ1) is 11.2. The third kappa shape index (κ3) is 1.61. The smallest absolute Gasteiger partial charge is 0.294 e. The second-order valence-electron chi connectivity index (χ2n) is 4.26. The number of rotatable bonds is 2. The molecule has 6 nitrogen and oxygen atoms in total. The van der Waals surface area contributed by atoms with Gasteiger partial charge in [0, 0.05) is 11.6 Å². The van der Waals surface area contributed by atoms with Gasteiger partial charge in [-0.2, -0.15) is 0 Å². The summed E-state index contributed by atoms with van der Waals surface area (Å²) in [4.78, 5) is 10.7. The predicted molar refractivity (Wildman–Crippen MR) is 75.1 cm³/mol. The summed E-state index contributed by atoms with van der Waals surface area (Å²) in [6, 6.07) is 7.14. The Kier molecular flexibility index (Phi) is 2.25. The van der Waals surface area contributed by atoms with Gasteiger partial charge in [0.05, 0.1) is 4.92 Å². The Morgan fingerprint density at radius 1 is 1.37 bits per heavy atom. The van der Waals surface area contributed by atoms with Gasteiger partial charge in [-0.15, -0.1) is 0 Å². The summed E-state index contributed by atoms with van der Waals surface area (Å²) in [5, 5.41) is 22.8. The molecular formula is C13H10N4O2. The lowest BCUT2D eigenvalue weighted by Crippen LogP contribution is -2.21. The second kappa shape index (κ2) is 3.81. The Morgan fingerprint density at radius 3 is 2.84 bits per heavy atom. The van der Waals surface area contributed by atoms with Crippen LogP contribution < -0.4 is 11.1 Å². The largest absolute Gasteiger partial charge is 0.370 e. The quantitative estimate of drug-likeness (QED) is 0.283. The molecule has 94 valence electrons. The van der Waals surface area contributed by atoms with E-state index in [9.17, 15) is 10.1 Å². The van der Waals surface area contributed by atoms with Crippen molar-refractivity contribution in [3.05, 3.63) is 45.5 Å². The zero-order chi connectivity index (χ0) is 13.6. The van der Waals surface area contributed by atoms with Gasteiger partial charge >= 0.3 is 0 Å².